The highest BCUT2D eigenvalue weighted by Crippen LogP contribution is 2.23. The third kappa shape index (κ3) is 3.46. The van der Waals surface area contributed by atoms with E-state index in [0.29, 0.717) is 16.9 Å². The Labute approximate surface area is 108 Å². The summed E-state index contributed by atoms with van der Waals surface area (Å²) in [6.45, 7) is 0. The molecular formula is C11H11ClN2O2S. The van der Waals surface area contributed by atoms with Gasteiger partial charge in [0.15, 0.2) is 0 Å². The highest BCUT2D eigenvalue weighted by atomic mass is 35.5. The zero-order valence-corrected chi connectivity index (χ0v) is 10.5. The van der Waals surface area contributed by atoms with E-state index in [2.05, 4.69) is 10.2 Å². The van der Waals surface area contributed by atoms with E-state index >= 15 is 0 Å². The summed E-state index contributed by atoms with van der Waals surface area (Å²) in [6.07, 6.45) is -0.561. The predicted octanol–water partition coefficient (Wildman–Crippen LogP) is 2.43. The van der Waals surface area contributed by atoms with E-state index in [4.69, 9.17) is 16.0 Å². The van der Waals surface area contributed by atoms with Crippen LogP contribution in [0.4, 0.5) is 0 Å². The van der Waals surface area contributed by atoms with Gasteiger partial charge in [-0.15, -0.1) is 21.8 Å². The second-order valence-corrected chi connectivity index (χ2v) is 4.64. The minimum atomic E-state index is -0.561. The topological polar surface area (TPSA) is 59.2 Å². The summed E-state index contributed by atoms with van der Waals surface area (Å²) < 4.78 is 5.45. The van der Waals surface area contributed by atoms with Gasteiger partial charge < -0.3 is 9.52 Å². The monoisotopic (exact) mass is 270 g/mol. The van der Waals surface area contributed by atoms with Crippen LogP contribution >= 0.6 is 23.4 Å². The lowest BCUT2D eigenvalue weighted by Crippen LogP contribution is -2.10. The molecule has 1 atom stereocenters. The fourth-order valence-electron chi connectivity index (χ4n) is 1.18. The summed E-state index contributed by atoms with van der Waals surface area (Å²) in [5, 5.41) is 17.6. The molecule has 0 saturated carbocycles. The van der Waals surface area contributed by atoms with Crippen molar-refractivity contribution in [1.82, 2.24) is 10.2 Å². The lowest BCUT2D eigenvalue weighted by atomic mass is 10.2. The van der Waals surface area contributed by atoms with E-state index in [0.717, 1.165) is 5.56 Å². The highest BCUT2D eigenvalue weighted by molar-refractivity contribution is 7.99. The number of aromatic nitrogens is 2. The molecule has 4 nitrogen and oxygen atoms in total. The lowest BCUT2D eigenvalue weighted by molar-refractivity contribution is 0.223. The average molecular weight is 271 g/mol. The van der Waals surface area contributed by atoms with Gasteiger partial charge in [-0.25, -0.2) is 0 Å². The van der Waals surface area contributed by atoms with E-state index in [-0.39, 0.29) is 5.88 Å². The maximum absolute atomic E-state index is 9.30. The molecule has 0 aliphatic carbocycles. The summed E-state index contributed by atoms with van der Waals surface area (Å²) in [5.41, 5.74) is 0.879. The number of hydrogen-bond acceptors (Lipinski definition) is 5. The summed E-state index contributed by atoms with van der Waals surface area (Å²) in [6, 6.07) is 9.53. The minimum Gasteiger partial charge on any atom is -0.411 e. The van der Waals surface area contributed by atoms with E-state index in [9.17, 15) is 5.11 Å². The molecular weight excluding hydrogens is 260 g/mol. The number of nitrogens with zero attached hydrogens (tertiary/aromatic N) is 2. The van der Waals surface area contributed by atoms with E-state index in [1.54, 1.807) is 0 Å². The van der Waals surface area contributed by atoms with Crippen LogP contribution in [0.25, 0.3) is 11.5 Å². The molecule has 1 unspecified atom stereocenters. The molecule has 17 heavy (non-hydrogen) atoms. The Bertz CT molecular complexity index is 464. The van der Waals surface area contributed by atoms with Crippen molar-refractivity contribution in [2.75, 3.05) is 11.6 Å². The second-order valence-electron chi connectivity index (χ2n) is 3.36. The summed E-state index contributed by atoms with van der Waals surface area (Å²) in [4.78, 5) is 0. The molecule has 1 aromatic heterocycles. The van der Waals surface area contributed by atoms with Gasteiger partial charge in [-0.2, -0.15) is 0 Å². The first-order valence-electron chi connectivity index (χ1n) is 5.05. The van der Waals surface area contributed by atoms with Crippen molar-refractivity contribution in [3.63, 3.8) is 0 Å². The fourth-order valence-corrected chi connectivity index (χ4v) is 2.11. The first-order chi connectivity index (χ1) is 8.29. The molecule has 90 valence electrons. The Balaban J connectivity index is 2.01. The van der Waals surface area contributed by atoms with E-state index in [1.807, 2.05) is 30.3 Å². The van der Waals surface area contributed by atoms with Gasteiger partial charge >= 0.3 is 0 Å². The van der Waals surface area contributed by atoms with Crippen LogP contribution in [-0.2, 0) is 0 Å². The number of aliphatic hydroxyl groups excluding tert-OH is 1. The second kappa shape index (κ2) is 6.05. The minimum absolute atomic E-state index is 0.201. The zero-order chi connectivity index (χ0) is 12.1. The molecule has 1 N–H and O–H groups in total. The molecule has 2 aromatic rings. The SMILES string of the molecule is OC(CCl)CSc1nnc(-c2ccccc2)o1. The molecule has 1 aromatic carbocycles. The van der Waals surface area contributed by atoms with Crippen LogP contribution in [0.2, 0.25) is 0 Å². The maximum atomic E-state index is 9.30. The van der Waals surface area contributed by atoms with Crippen LogP contribution in [0.1, 0.15) is 0 Å². The Kier molecular flexibility index (Phi) is 4.42. The van der Waals surface area contributed by atoms with Gasteiger partial charge in [-0.05, 0) is 12.1 Å². The highest BCUT2D eigenvalue weighted by Gasteiger charge is 2.10. The summed E-state index contributed by atoms with van der Waals surface area (Å²) in [5.74, 6) is 1.13. The van der Waals surface area contributed by atoms with Gasteiger partial charge in [0.1, 0.15) is 0 Å². The van der Waals surface area contributed by atoms with Crippen LogP contribution in [0.5, 0.6) is 0 Å². The zero-order valence-electron chi connectivity index (χ0n) is 8.91. The maximum Gasteiger partial charge on any atom is 0.276 e. The molecule has 6 heteroatoms. The third-order valence-electron chi connectivity index (χ3n) is 2.00. The van der Waals surface area contributed by atoms with Gasteiger partial charge in [0.25, 0.3) is 5.22 Å². The number of halogens is 1. The van der Waals surface area contributed by atoms with E-state index in [1.165, 1.54) is 11.8 Å². The van der Waals surface area contributed by atoms with Gasteiger partial charge in [-0.1, -0.05) is 30.0 Å². The van der Waals surface area contributed by atoms with Gasteiger partial charge in [0, 0.05) is 17.2 Å². The smallest absolute Gasteiger partial charge is 0.276 e. The van der Waals surface area contributed by atoms with Crippen molar-refractivity contribution in [1.29, 1.82) is 0 Å². The molecule has 1 heterocycles. The number of alkyl halides is 1. The quantitative estimate of drug-likeness (QED) is 0.668. The van der Waals surface area contributed by atoms with Gasteiger partial charge in [-0.3, -0.25) is 0 Å². The standard InChI is InChI=1S/C11H11ClN2O2S/c12-6-9(15)7-17-11-14-13-10(16-11)8-4-2-1-3-5-8/h1-5,9,15H,6-7H2. The number of hydrogen-bond donors (Lipinski definition) is 1. The fraction of sp³-hybridized carbons (Fsp3) is 0.273. The Hall–Kier alpha value is -1.04. The van der Waals surface area contributed by atoms with Crippen LogP contribution < -0.4 is 0 Å². The number of aliphatic hydroxyl groups is 1. The molecule has 0 bridgehead atoms. The number of benzene rings is 1. The van der Waals surface area contributed by atoms with Crippen LogP contribution in [-0.4, -0.2) is 33.0 Å². The molecule has 0 saturated heterocycles. The van der Waals surface area contributed by atoms with Crippen molar-refractivity contribution in [3.8, 4) is 11.5 Å². The van der Waals surface area contributed by atoms with Crippen molar-refractivity contribution in [2.24, 2.45) is 0 Å². The molecule has 0 spiro atoms. The third-order valence-corrected chi connectivity index (χ3v) is 3.32. The largest absolute Gasteiger partial charge is 0.411 e. The van der Waals surface area contributed by atoms with Crippen LogP contribution in [0.15, 0.2) is 40.0 Å². The van der Waals surface area contributed by atoms with Gasteiger partial charge in [0.2, 0.25) is 5.89 Å². The summed E-state index contributed by atoms with van der Waals surface area (Å²) in [7, 11) is 0. The van der Waals surface area contributed by atoms with Crippen LogP contribution in [0, 0.1) is 0 Å². The molecule has 0 aliphatic heterocycles. The normalized spacial score (nSPS) is 12.6. The average Bonchev–Trinajstić information content (AvgIpc) is 2.86. The Morgan fingerprint density at radius 3 is 2.76 bits per heavy atom. The molecule has 0 radical (unpaired) electrons. The summed E-state index contributed by atoms with van der Waals surface area (Å²) >= 11 is 6.78. The Morgan fingerprint density at radius 1 is 1.29 bits per heavy atom. The van der Waals surface area contributed by atoms with Crippen molar-refractivity contribution in [2.45, 2.75) is 11.3 Å². The first-order valence-corrected chi connectivity index (χ1v) is 6.57. The van der Waals surface area contributed by atoms with Crippen LogP contribution in [0.3, 0.4) is 0 Å². The lowest BCUT2D eigenvalue weighted by Gasteiger charge is -2.01. The Morgan fingerprint density at radius 2 is 2.06 bits per heavy atom. The van der Waals surface area contributed by atoms with Crippen molar-refractivity contribution in [3.05, 3.63) is 30.3 Å². The first kappa shape index (κ1) is 12.4. The van der Waals surface area contributed by atoms with Crippen molar-refractivity contribution < 1.29 is 9.52 Å². The number of rotatable bonds is 5. The predicted molar refractivity (Wildman–Crippen MR) is 67.2 cm³/mol. The molecule has 0 fully saturated rings. The number of thioether (sulfide) groups is 1. The van der Waals surface area contributed by atoms with Gasteiger partial charge in [0.05, 0.1) is 6.10 Å². The molecule has 0 aliphatic rings. The van der Waals surface area contributed by atoms with Crippen molar-refractivity contribution >= 4 is 23.4 Å². The molecule has 2 rings (SSSR count). The molecule has 0 amide bonds. The van der Waals surface area contributed by atoms with E-state index < -0.39 is 6.10 Å².